The van der Waals surface area contributed by atoms with E-state index in [1.807, 2.05) is 0 Å². The van der Waals surface area contributed by atoms with Crippen LogP contribution in [0.15, 0.2) is 24.3 Å². The monoisotopic (exact) mass is 303 g/mol. The molecular formula is C17H18FNO3. The first-order chi connectivity index (χ1) is 10.6. The average molecular weight is 303 g/mol. The Morgan fingerprint density at radius 3 is 2.32 bits per heavy atom. The van der Waals surface area contributed by atoms with Gasteiger partial charge in [0, 0.05) is 11.8 Å². The van der Waals surface area contributed by atoms with E-state index in [2.05, 4.69) is 0 Å². The Labute approximate surface area is 128 Å². The number of amides is 2. The third kappa shape index (κ3) is 2.34. The zero-order chi connectivity index (χ0) is 15.7. The lowest BCUT2D eigenvalue weighted by molar-refractivity contribution is -0.132. The summed E-state index contributed by atoms with van der Waals surface area (Å²) in [5.41, 5.74) is -0.337. The number of nitrogens with zero attached hydrogens (tertiary/aromatic N) is 1. The lowest BCUT2D eigenvalue weighted by Gasteiger charge is -2.35. The molecule has 1 aliphatic heterocycles. The van der Waals surface area contributed by atoms with Crippen molar-refractivity contribution in [2.75, 3.05) is 4.90 Å². The number of carbonyl (C=O) groups excluding carboxylic acids is 3. The van der Waals surface area contributed by atoms with E-state index in [-0.39, 0.29) is 18.2 Å². The first-order valence-electron chi connectivity index (χ1n) is 7.66. The smallest absolute Gasteiger partial charge is 0.238 e. The van der Waals surface area contributed by atoms with Crippen LogP contribution in [0, 0.1) is 17.2 Å². The largest absolute Gasteiger partial charge is 0.303 e. The SMILES string of the molecule is O=CC1(C2CC(=O)N(c3ccc(F)cc3)C2=O)CCCCC1. The molecule has 0 spiro atoms. The molecule has 3 rings (SSSR count). The van der Waals surface area contributed by atoms with Crippen LogP contribution in [0.5, 0.6) is 0 Å². The Morgan fingerprint density at radius 2 is 1.73 bits per heavy atom. The molecule has 1 aromatic rings. The summed E-state index contributed by atoms with van der Waals surface area (Å²) in [5.74, 6) is -1.64. The van der Waals surface area contributed by atoms with Gasteiger partial charge in [-0.05, 0) is 37.1 Å². The van der Waals surface area contributed by atoms with E-state index in [1.165, 1.54) is 24.3 Å². The van der Waals surface area contributed by atoms with Gasteiger partial charge in [-0.2, -0.15) is 0 Å². The molecular weight excluding hydrogens is 285 g/mol. The summed E-state index contributed by atoms with van der Waals surface area (Å²) in [6.45, 7) is 0. The summed E-state index contributed by atoms with van der Waals surface area (Å²) in [6.07, 6.45) is 5.16. The van der Waals surface area contributed by atoms with E-state index in [0.29, 0.717) is 18.5 Å². The number of hydrogen-bond acceptors (Lipinski definition) is 3. The van der Waals surface area contributed by atoms with Gasteiger partial charge >= 0.3 is 0 Å². The number of aldehydes is 1. The molecule has 0 radical (unpaired) electrons. The van der Waals surface area contributed by atoms with Crippen LogP contribution in [-0.2, 0) is 14.4 Å². The van der Waals surface area contributed by atoms with Crippen molar-refractivity contribution in [3.63, 3.8) is 0 Å². The Hall–Kier alpha value is -2.04. The molecule has 116 valence electrons. The Balaban J connectivity index is 1.90. The van der Waals surface area contributed by atoms with Gasteiger partial charge in [0.15, 0.2) is 0 Å². The molecule has 1 saturated heterocycles. The van der Waals surface area contributed by atoms with E-state index in [0.717, 1.165) is 30.4 Å². The van der Waals surface area contributed by atoms with Crippen molar-refractivity contribution in [1.29, 1.82) is 0 Å². The number of hydrogen-bond donors (Lipinski definition) is 0. The molecule has 22 heavy (non-hydrogen) atoms. The van der Waals surface area contributed by atoms with E-state index >= 15 is 0 Å². The second kappa shape index (κ2) is 5.63. The summed E-state index contributed by atoms with van der Waals surface area (Å²) >= 11 is 0. The van der Waals surface area contributed by atoms with Gasteiger partial charge in [-0.3, -0.25) is 14.5 Å². The minimum absolute atomic E-state index is 0.0644. The summed E-state index contributed by atoms with van der Waals surface area (Å²) in [4.78, 5) is 37.8. The molecule has 2 fully saturated rings. The van der Waals surface area contributed by atoms with E-state index in [9.17, 15) is 18.8 Å². The van der Waals surface area contributed by atoms with Gasteiger partial charge in [0.25, 0.3) is 0 Å². The predicted octanol–water partition coefficient (Wildman–Crippen LogP) is 2.85. The van der Waals surface area contributed by atoms with Crippen LogP contribution in [0.3, 0.4) is 0 Å². The molecule has 5 heteroatoms. The Morgan fingerprint density at radius 1 is 1.09 bits per heavy atom. The first kappa shape index (κ1) is 14.9. The highest BCUT2D eigenvalue weighted by Crippen LogP contribution is 2.46. The van der Waals surface area contributed by atoms with Crippen LogP contribution in [0.4, 0.5) is 10.1 Å². The number of rotatable bonds is 3. The van der Waals surface area contributed by atoms with Gasteiger partial charge in [0.2, 0.25) is 11.8 Å². The molecule has 1 unspecified atom stereocenters. The molecule has 1 aliphatic carbocycles. The number of benzene rings is 1. The summed E-state index contributed by atoms with van der Waals surface area (Å²) in [5, 5.41) is 0. The highest BCUT2D eigenvalue weighted by Gasteiger charge is 2.51. The van der Waals surface area contributed by atoms with Gasteiger partial charge in [-0.25, -0.2) is 4.39 Å². The van der Waals surface area contributed by atoms with Crippen molar-refractivity contribution in [3.8, 4) is 0 Å². The molecule has 0 bridgehead atoms. The van der Waals surface area contributed by atoms with E-state index < -0.39 is 17.2 Å². The fourth-order valence-electron chi connectivity index (χ4n) is 3.70. The third-order valence-corrected chi connectivity index (χ3v) is 4.94. The average Bonchev–Trinajstić information content (AvgIpc) is 2.84. The molecule has 1 heterocycles. The minimum atomic E-state index is -0.709. The maximum absolute atomic E-state index is 13.0. The lowest BCUT2D eigenvalue weighted by atomic mass is 9.66. The van der Waals surface area contributed by atoms with Crippen LogP contribution in [-0.4, -0.2) is 18.1 Å². The summed E-state index contributed by atoms with van der Waals surface area (Å²) in [6, 6.07) is 5.28. The summed E-state index contributed by atoms with van der Waals surface area (Å²) in [7, 11) is 0. The van der Waals surface area contributed by atoms with Gasteiger partial charge in [0.05, 0.1) is 11.6 Å². The second-order valence-electron chi connectivity index (χ2n) is 6.21. The van der Waals surface area contributed by atoms with Crippen molar-refractivity contribution in [3.05, 3.63) is 30.1 Å². The van der Waals surface area contributed by atoms with Crippen LogP contribution in [0.25, 0.3) is 0 Å². The molecule has 0 aromatic heterocycles. The molecule has 1 aromatic carbocycles. The maximum atomic E-state index is 13.0. The number of anilines is 1. The predicted molar refractivity (Wildman–Crippen MR) is 78.6 cm³/mol. The molecule has 4 nitrogen and oxygen atoms in total. The molecule has 2 amide bonds. The highest BCUT2D eigenvalue weighted by molar-refractivity contribution is 6.21. The minimum Gasteiger partial charge on any atom is -0.303 e. The quantitative estimate of drug-likeness (QED) is 0.637. The van der Waals surface area contributed by atoms with Crippen molar-refractivity contribution >= 4 is 23.8 Å². The fraction of sp³-hybridized carbons (Fsp3) is 0.471. The highest BCUT2D eigenvalue weighted by atomic mass is 19.1. The van der Waals surface area contributed by atoms with Crippen LogP contribution < -0.4 is 4.90 Å². The van der Waals surface area contributed by atoms with Crippen LogP contribution >= 0.6 is 0 Å². The van der Waals surface area contributed by atoms with E-state index in [1.54, 1.807) is 0 Å². The van der Waals surface area contributed by atoms with E-state index in [4.69, 9.17) is 0 Å². The van der Waals surface area contributed by atoms with Gasteiger partial charge in [0.1, 0.15) is 12.1 Å². The van der Waals surface area contributed by atoms with Crippen molar-refractivity contribution < 1.29 is 18.8 Å². The topological polar surface area (TPSA) is 54.5 Å². The molecule has 2 aliphatic rings. The zero-order valence-corrected chi connectivity index (χ0v) is 12.3. The molecule has 0 N–H and O–H groups in total. The first-order valence-corrected chi connectivity index (χ1v) is 7.66. The molecule has 1 atom stereocenters. The Bertz CT molecular complexity index is 605. The van der Waals surface area contributed by atoms with Crippen molar-refractivity contribution in [2.24, 2.45) is 11.3 Å². The Kier molecular flexibility index (Phi) is 3.81. The van der Waals surface area contributed by atoms with Gasteiger partial charge in [-0.1, -0.05) is 19.3 Å². The van der Waals surface area contributed by atoms with Crippen molar-refractivity contribution in [1.82, 2.24) is 0 Å². The maximum Gasteiger partial charge on any atom is 0.238 e. The number of carbonyl (C=O) groups is 3. The standard InChI is InChI=1S/C17H18FNO3/c18-12-4-6-13(7-5-12)19-15(21)10-14(16(19)22)17(11-20)8-2-1-3-9-17/h4-7,11,14H,1-3,8-10H2. The van der Waals surface area contributed by atoms with Crippen molar-refractivity contribution in [2.45, 2.75) is 38.5 Å². The van der Waals surface area contributed by atoms with Crippen LogP contribution in [0.1, 0.15) is 38.5 Å². The van der Waals surface area contributed by atoms with Crippen LogP contribution in [0.2, 0.25) is 0 Å². The second-order valence-corrected chi connectivity index (χ2v) is 6.21. The number of halogens is 1. The van der Waals surface area contributed by atoms with Gasteiger partial charge in [-0.15, -0.1) is 0 Å². The zero-order valence-electron chi connectivity index (χ0n) is 12.3. The molecule has 1 saturated carbocycles. The number of imide groups is 1. The summed E-state index contributed by atoms with van der Waals surface area (Å²) < 4.78 is 13.0. The lowest BCUT2D eigenvalue weighted by Crippen LogP contribution is -2.40. The fourth-order valence-corrected chi connectivity index (χ4v) is 3.70. The third-order valence-electron chi connectivity index (χ3n) is 4.94. The normalized spacial score (nSPS) is 24.6. The van der Waals surface area contributed by atoms with Gasteiger partial charge < -0.3 is 4.79 Å².